The van der Waals surface area contributed by atoms with Gasteiger partial charge in [-0.2, -0.15) is 8.42 Å². The standard InChI is InChI=1S/C14H12N2O6S/c17-14(10-16(18)19)15-11-6-8-13(9-7-11)23(20,21)22-12-4-2-1-3-5-12/h1-9H,10H2,(H,15,17). The van der Waals surface area contributed by atoms with E-state index >= 15 is 0 Å². The van der Waals surface area contributed by atoms with E-state index in [0.717, 1.165) is 0 Å². The van der Waals surface area contributed by atoms with Crippen molar-refractivity contribution in [2.24, 2.45) is 0 Å². The first-order valence-electron chi connectivity index (χ1n) is 6.38. The first-order chi connectivity index (χ1) is 10.9. The lowest BCUT2D eigenvalue weighted by Gasteiger charge is -2.08. The Balaban J connectivity index is 2.09. The molecule has 0 unspecified atom stereocenters. The summed E-state index contributed by atoms with van der Waals surface area (Å²) >= 11 is 0. The molecule has 0 aliphatic heterocycles. The maximum absolute atomic E-state index is 12.1. The first kappa shape index (κ1) is 16.4. The van der Waals surface area contributed by atoms with Crippen molar-refractivity contribution >= 4 is 21.7 Å². The lowest BCUT2D eigenvalue weighted by atomic mass is 10.3. The third-order valence-corrected chi connectivity index (χ3v) is 3.91. The minimum Gasteiger partial charge on any atom is -0.379 e. The van der Waals surface area contributed by atoms with Gasteiger partial charge >= 0.3 is 10.1 Å². The number of nitrogens with one attached hydrogen (secondary N) is 1. The van der Waals surface area contributed by atoms with Gasteiger partial charge in [-0.05, 0) is 36.4 Å². The summed E-state index contributed by atoms with van der Waals surface area (Å²) in [5.41, 5.74) is 0.246. The molecule has 9 heteroatoms. The zero-order valence-electron chi connectivity index (χ0n) is 11.7. The molecule has 0 spiro atoms. The van der Waals surface area contributed by atoms with Gasteiger partial charge in [0.2, 0.25) is 0 Å². The van der Waals surface area contributed by atoms with Gasteiger partial charge in [0.15, 0.2) is 0 Å². The maximum atomic E-state index is 12.1. The number of nitro groups is 1. The number of carbonyl (C=O) groups is 1. The Hall–Kier alpha value is -2.94. The Morgan fingerprint density at radius 2 is 1.70 bits per heavy atom. The van der Waals surface area contributed by atoms with Crippen LogP contribution in [0.1, 0.15) is 0 Å². The summed E-state index contributed by atoms with van der Waals surface area (Å²) in [6, 6.07) is 13.1. The lowest BCUT2D eigenvalue weighted by Crippen LogP contribution is -2.21. The number of para-hydroxylation sites is 1. The van der Waals surface area contributed by atoms with Crippen LogP contribution in [-0.2, 0) is 14.9 Å². The first-order valence-corrected chi connectivity index (χ1v) is 7.79. The second-order valence-corrected chi connectivity index (χ2v) is 5.96. The van der Waals surface area contributed by atoms with Crippen LogP contribution in [0.5, 0.6) is 5.75 Å². The van der Waals surface area contributed by atoms with Gasteiger partial charge in [-0.1, -0.05) is 18.2 Å². The average Bonchev–Trinajstić information content (AvgIpc) is 2.47. The molecule has 0 fully saturated rings. The van der Waals surface area contributed by atoms with Crippen molar-refractivity contribution in [3.8, 4) is 5.75 Å². The SMILES string of the molecule is O=C(C[N+](=O)[O-])Nc1ccc(S(=O)(=O)Oc2ccccc2)cc1. The minimum absolute atomic E-state index is 0.103. The number of hydrogen-bond acceptors (Lipinski definition) is 6. The molecular formula is C14H12N2O6S. The zero-order valence-corrected chi connectivity index (χ0v) is 12.5. The van der Waals surface area contributed by atoms with Crippen molar-refractivity contribution in [3.63, 3.8) is 0 Å². The summed E-state index contributed by atoms with van der Waals surface area (Å²) in [7, 11) is -4.00. The number of carbonyl (C=O) groups excluding carboxylic acids is 1. The fourth-order valence-electron chi connectivity index (χ4n) is 1.67. The molecule has 0 bridgehead atoms. The van der Waals surface area contributed by atoms with Crippen molar-refractivity contribution in [3.05, 3.63) is 64.7 Å². The van der Waals surface area contributed by atoms with Crippen molar-refractivity contribution < 1.29 is 22.3 Å². The second-order valence-electron chi connectivity index (χ2n) is 4.41. The van der Waals surface area contributed by atoms with Crippen molar-refractivity contribution in [1.29, 1.82) is 0 Å². The molecule has 2 aromatic carbocycles. The molecule has 120 valence electrons. The van der Waals surface area contributed by atoms with E-state index in [1.165, 1.54) is 36.4 Å². The van der Waals surface area contributed by atoms with Crippen molar-refractivity contribution in [2.75, 3.05) is 11.9 Å². The van der Waals surface area contributed by atoms with Crippen LogP contribution in [0.25, 0.3) is 0 Å². The highest BCUT2D eigenvalue weighted by Gasteiger charge is 2.17. The molecule has 8 nitrogen and oxygen atoms in total. The van der Waals surface area contributed by atoms with E-state index < -0.39 is 27.5 Å². The van der Waals surface area contributed by atoms with Gasteiger partial charge in [-0.15, -0.1) is 0 Å². The largest absolute Gasteiger partial charge is 0.379 e. The Kier molecular flexibility index (Phi) is 4.91. The molecule has 1 amide bonds. The Labute approximate surface area is 132 Å². The van der Waals surface area contributed by atoms with E-state index in [1.807, 2.05) is 0 Å². The Bertz CT molecular complexity index is 803. The van der Waals surface area contributed by atoms with E-state index in [9.17, 15) is 23.3 Å². The van der Waals surface area contributed by atoms with Crippen molar-refractivity contribution in [1.82, 2.24) is 0 Å². The number of hydrogen-bond donors (Lipinski definition) is 1. The third-order valence-electron chi connectivity index (χ3n) is 2.65. The van der Waals surface area contributed by atoms with Gasteiger partial charge in [0.05, 0.1) is 0 Å². The highest BCUT2D eigenvalue weighted by Crippen LogP contribution is 2.19. The van der Waals surface area contributed by atoms with Gasteiger partial charge < -0.3 is 9.50 Å². The van der Waals surface area contributed by atoms with Crippen LogP contribution in [0.15, 0.2) is 59.5 Å². The molecule has 23 heavy (non-hydrogen) atoms. The third kappa shape index (κ3) is 4.78. The molecule has 0 aliphatic rings. The highest BCUT2D eigenvalue weighted by atomic mass is 32.2. The second kappa shape index (κ2) is 6.88. The number of amides is 1. The topological polar surface area (TPSA) is 116 Å². The summed E-state index contributed by atoms with van der Waals surface area (Å²) in [4.78, 5) is 20.6. The lowest BCUT2D eigenvalue weighted by molar-refractivity contribution is -0.467. The number of rotatable bonds is 6. The predicted molar refractivity (Wildman–Crippen MR) is 81.2 cm³/mol. The zero-order chi connectivity index (χ0) is 16.9. The van der Waals surface area contributed by atoms with E-state index in [4.69, 9.17) is 4.18 Å². The molecule has 1 N–H and O–H groups in total. The predicted octanol–water partition coefficient (Wildman–Crippen LogP) is 1.67. The number of anilines is 1. The molecule has 0 atom stereocenters. The van der Waals surface area contributed by atoms with Crippen LogP contribution < -0.4 is 9.50 Å². The Morgan fingerprint density at radius 1 is 1.09 bits per heavy atom. The number of nitrogens with zero attached hydrogens (tertiary/aromatic N) is 1. The number of benzene rings is 2. The highest BCUT2D eigenvalue weighted by molar-refractivity contribution is 7.87. The summed E-state index contributed by atoms with van der Waals surface area (Å²) in [5, 5.41) is 12.5. The van der Waals surface area contributed by atoms with Crippen LogP contribution in [-0.4, -0.2) is 25.8 Å². The normalized spacial score (nSPS) is 10.8. The minimum atomic E-state index is -4.00. The van der Waals surface area contributed by atoms with Gasteiger partial charge in [-0.3, -0.25) is 14.9 Å². The fourth-order valence-corrected chi connectivity index (χ4v) is 2.60. The fraction of sp³-hybridized carbons (Fsp3) is 0.0714. The molecule has 0 aliphatic carbocycles. The molecule has 0 heterocycles. The van der Waals surface area contributed by atoms with E-state index in [0.29, 0.717) is 0 Å². The summed E-state index contributed by atoms with van der Waals surface area (Å²) in [6.07, 6.45) is 0. The van der Waals surface area contributed by atoms with Crippen LogP contribution in [0.3, 0.4) is 0 Å². The van der Waals surface area contributed by atoms with Crippen LogP contribution in [0, 0.1) is 10.1 Å². The molecule has 0 saturated carbocycles. The summed E-state index contributed by atoms with van der Waals surface area (Å²) < 4.78 is 29.1. The van der Waals surface area contributed by atoms with Gasteiger partial charge in [0.1, 0.15) is 10.6 Å². The molecule has 0 saturated heterocycles. The van der Waals surface area contributed by atoms with Crippen LogP contribution in [0.4, 0.5) is 5.69 Å². The van der Waals surface area contributed by atoms with Gasteiger partial charge in [0.25, 0.3) is 12.5 Å². The molecule has 0 radical (unpaired) electrons. The van der Waals surface area contributed by atoms with E-state index in [2.05, 4.69) is 5.32 Å². The van der Waals surface area contributed by atoms with Gasteiger partial charge in [-0.25, -0.2) is 0 Å². The van der Waals surface area contributed by atoms with E-state index in [-0.39, 0.29) is 16.3 Å². The van der Waals surface area contributed by atoms with Crippen LogP contribution in [0.2, 0.25) is 0 Å². The maximum Gasteiger partial charge on any atom is 0.339 e. The summed E-state index contributed by atoms with van der Waals surface area (Å²) in [6.45, 7) is -0.864. The monoisotopic (exact) mass is 336 g/mol. The average molecular weight is 336 g/mol. The quantitative estimate of drug-likeness (QED) is 0.487. The smallest absolute Gasteiger partial charge is 0.339 e. The molecular weight excluding hydrogens is 324 g/mol. The summed E-state index contributed by atoms with van der Waals surface area (Å²) in [5.74, 6) is -0.623. The molecule has 0 aromatic heterocycles. The van der Waals surface area contributed by atoms with E-state index in [1.54, 1.807) is 18.2 Å². The van der Waals surface area contributed by atoms with Crippen molar-refractivity contribution in [2.45, 2.75) is 4.90 Å². The molecule has 2 rings (SSSR count). The van der Waals surface area contributed by atoms with Crippen LogP contribution >= 0.6 is 0 Å². The molecule has 2 aromatic rings. The Morgan fingerprint density at radius 3 is 2.26 bits per heavy atom. The van der Waals surface area contributed by atoms with Gasteiger partial charge in [0, 0.05) is 10.6 Å².